The summed E-state index contributed by atoms with van der Waals surface area (Å²) in [5.41, 5.74) is 8.41. The average molecular weight is 468 g/mol. The first-order valence-electron chi connectivity index (χ1n) is 12.1. The van der Waals surface area contributed by atoms with Gasteiger partial charge in [0.05, 0.1) is 0 Å². The van der Waals surface area contributed by atoms with Crippen LogP contribution in [-0.4, -0.2) is 22.4 Å². The first-order valence-corrected chi connectivity index (χ1v) is 12.1. The predicted molar refractivity (Wildman–Crippen MR) is 147 cm³/mol. The van der Waals surface area contributed by atoms with Gasteiger partial charge in [0.25, 0.3) is 5.91 Å². The van der Waals surface area contributed by atoms with Crippen LogP contribution in [0.15, 0.2) is 115 Å². The molecule has 0 fully saturated rings. The Hall–Kier alpha value is -4.70. The number of rotatable bonds is 6. The van der Waals surface area contributed by atoms with E-state index in [0.29, 0.717) is 12.1 Å². The second-order valence-corrected chi connectivity index (χ2v) is 8.91. The predicted octanol–water partition coefficient (Wildman–Crippen LogP) is 7.02. The lowest BCUT2D eigenvalue weighted by atomic mass is 9.95. The monoisotopic (exact) mass is 467 g/mol. The number of nitrogens with zero attached hydrogens (tertiary/aromatic N) is 1. The molecule has 2 N–H and O–H groups in total. The normalized spacial score (nSPS) is 11.1. The molecule has 0 bridgehead atoms. The lowest BCUT2D eigenvalue weighted by Gasteiger charge is -2.10. The van der Waals surface area contributed by atoms with Crippen LogP contribution >= 0.6 is 0 Å². The number of pyridine rings is 1. The minimum Gasteiger partial charge on any atom is -0.352 e. The summed E-state index contributed by atoms with van der Waals surface area (Å²) >= 11 is 0. The maximum absolute atomic E-state index is 12.4. The van der Waals surface area contributed by atoms with Gasteiger partial charge in [-0.1, -0.05) is 78.9 Å². The van der Waals surface area contributed by atoms with Gasteiger partial charge < -0.3 is 10.3 Å². The summed E-state index contributed by atoms with van der Waals surface area (Å²) in [5, 5.41) is 5.26. The molecule has 36 heavy (non-hydrogen) atoms. The molecular formula is C32H25N3O. The molecule has 0 atom stereocenters. The van der Waals surface area contributed by atoms with Crippen LogP contribution in [0.3, 0.4) is 0 Å². The van der Waals surface area contributed by atoms with Gasteiger partial charge in [-0.25, -0.2) is 4.98 Å². The van der Waals surface area contributed by atoms with Gasteiger partial charge in [0.15, 0.2) is 0 Å². The molecule has 6 aromatic rings. The van der Waals surface area contributed by atoms with Gasteiger partial charge in [-0.2, -0.15) is 0 Å². The molecule has 6 rings (SSSR count). The van der Waals surface area contributed by atoms with E-state index < -0.39 is 0 Å². The molecule has 1 amide bonds. The van der Waals surface area contributed by atoms with Crippen molar-refractivity contribution in [2.24, 2.45) is 0 Å². The Morgan fingerprint density at radius 3 is 2.19 bits per heavy atom. The second-order valence-electron chi connectivity index (χ2n) is 8.91. The molecule has 2 aromatic heterocycles. The van der Waals surface area contributed by atoms with Crippen molar-refractivity contribution in [3.8, 4) is 22.3 Å². The Morgan fingerprint density at radius 2 is 1.42 bits per heavy atom. The van der Waals surface area contributed by atoms with Crippen molar-refractivity contribution in [2.75, 3.05) is 6.54 Å². The topological polar surface area (TPSA) is 57.8 Å². The van der Waals surface area contributed by atoms with Crippen molar-refractivity contribution in [1.82, 2.24) is 15.3 Å². The SMILES string of the molecule is O=C(NCCc1ccc2[nH]c3ncc(-c4ccccc4-c4ccccc4)cc3c2c1)c1ccccc1. The lowest BCUT2D eigenvalue weighted by molar-refractivity contribution is 0.0954. The van der Waals surface area contributed by atoms with E-state index in [0.717, 1.165) is 39.5 Å². The van der Waals surface area contributed by atoms with E-state index >= 15 is 0 Å². The summed E-state index contributed by atoms with van der Waals surface area (Å²) in [6.07, 6.45) is 2.70. The number of carbonyl (C=O) groups excluding carboxylic acids is 1. The molecular weight excluding hydrogens is 442 g/mol. The van der Waals surface area contributed by atoms with E-state index in [2.05, 4.69) is 83.1 Å². The molecule has 0 aliphatic carbocycles. The zero-order valence-electron chi connectivity index (χ0n) is 19.7. The van der Waals surface area contributed by atoms with Crippen molar-refractivity contribution in [1.29, 1.82) is 0 Å². The molecule has 174 valence electrons. The maximum atomic E-state index is 12.4. The van der Waals surface area contributed by atoms with Gasteiger partial charge in [0.2, 0.25) is 0 Å². The van der Waals surface area contributed by atoms with Crippen molar-refractivity contribution in [3.05, 3.63) is 127 Å². The van der Waals surface area contributed by atoms with Gasteiger partial charge in [-0.15, -0.1) is 0 Å². The van der Waals surface area contributed by atoms with E-state index in [1.54, 1.807) is 0 Å². The standard InChI is InChI=1S/C32H25N3O/c36-32(24-11-5-2-6-12-24)33-18-17-22-15-16-30-28(19-22)29-20-25(21-34-31(29)35-30)27-14-8-7-13-26(27)23-9-3-1-4-10-23/h1-16,19-21H,17-18H2,(H,33,36)(H,34,35). The molecule has 2 heterocycles. The molecule has 4 heteroatoms. The molecule has 0 aliphatic rings. The number of aromatic amines is 1. The fourth-order valence-electron chi connectivity index (χ4n) is 4.74. The number of aromatic nitrogens is 2. The average Bonchev–Trinajstić information content (AvgIpc) is 3.31. The number of H-pyrrole nitrogens is 1. The third-order valence-corrected chi connectivity index (χ3v) is 6.57. The number of benzene rings is 4. The van der Waals surface area contributed by atoms with Crippen LogP contribution in [0.5, 0.6) is 0 Å². The quantitative estimate of drug-likeness (QED) is 0.276. The molecule has 0 aliphatic heterocycles. The molecule has 4 nitrogen and oxygen atoms in total. The van der Waals surface area contributed by atoms with Crippen molar-refractivity contribution < 1.29 is 4.79 Å². The molecule has 0 unspecified atom stereocenters. The molecule has 4 aromatic carbocycles. The van der Waals surface area contributed by atoms with Crippen LogP contribution in [0.1, 0.15) is 15.9 Å². The van der Waals surface area contributed by atoms with Gasteiger partial charge >= 0.3 is 0 Å². The Kier molecular flexibility index (Phi) is 5.76. The van der Waals surface area contributed by atoms with Gasteiger partial charge in [0.1, 0.15) is 5.65 Å². The highest BCUT2D eigenvalue weighted by Gasteiger charge is 2.12. The van der Waals surface area contributed by atoms with Crippen LogP contribution in [0.4, 0.5) is 0 Å². The van der Waals surface area contributed by atoms with E-state index in [-0.39, 0.29) is 5.91 Å². The van der Waals surface area contributed by atoms with Crippen LogP contribution < -0.4 is 5.32 Å². The van der Waals surface area contributed by atoms with Gasteiger partial charge in [0, 0.05) is 40.2 Å². The van der Waals surface area contributed by atoms with Crippen LogP contribution in [0, 0.1) is 0 Å². The van der Waals surface area contributed by atoms with Gasteiger partial charge in [-0.05, 0) is 59.0 Å². The van der Waals surface area contributed by atoms with Crippen molar-refractivity contribution >= 4 is 27.8 Å². The zero-order chi connectivity index (χ0) is 24.3. The van der Waals surface area contributed by atoms with Crippen LogP contribution in [-0.2, 0) is 6.42 Å². The Labute approximate surface area is 209 Å². The molecule has 0 saturated carbocycles. The minimum absolute atomic E-state index is 0.0466. The number of nitrogens with one attached hydrogen (secondary N) is 2. The smallest absolute Gasteiger partial charge is 0.251 e. The minimum atomic E-state index is -0.0466. The Morgan fingerprint density at radius 1 is 0.722 bits per heavy atom. The number of hydrogen-bond donors (Lipinski definition) is 2. The summed E-state index contributed by atoms with van der Waals surface area (Å²) in [7, 11) is 0. The van der Waals surface area contributed by atoms with E-state index in [1.165, 1.54) is 16.7 Å². The highest BCUT2D eigenvalue weighted by molar-refractivity contribution is 6.07. The number of carbonyl (C=O) groups is 1. The van der Waals surface area contributed by atoms with Crippen LogP contribution in [0.2, 0.25) is 0 Å². The summed E-state index contributed by atoms with van der Waals surface area (Å²) in [6.45, 7) is 0.579. The van der Waals surface area contributed by atoms with E-state index in [4.69, 9.17) is 4.98 Å². The van der Waals surface area contributed by atoms with Crippen LogP contribution in [0.25, 0.3) is 44.2 Å². The molecule has 0 spiro atoms. The molecule has 0 saturated heterocycles. The largest absolute Gasteiger partial charge is 0.352 e. The lowest BCUT2D eigenvalue weighted by Crippen LogP contribution is -2.25. The maximum Gasteiger partial charge on any atom is 0.251 e. The summed E-state index contributed by atoms with van der Waals surface area (Å²) in [6, 6.07) is 36.9. The fourth-order valence-corrected chi connectivity index (χ4v) is 4.74. The highest BCUT2D eigenvalue weighted by Crippen LogP contribution is 2.34. The number of amides is 1. The fraction of sp³-hybridized carbons (Fsp3) is 0.0625. The summed E-state index contributed by atoms with van der Waals surface area (Å²) < 4.78 is 0. The number of hydrogen-bond acceptors (Lipinski definition) is 2. The van der Waals surface area contributed by atoms with Gasteiger partial charge in [-0.3, -0.25) is 4.79 Å². The zero-order valence-corrected chi connectivity index (χ0v) is 19.7. The van der Waals surface area contributed by atoms with E-state index in [9.17, 15) is 4.79 Å². The first kappa shape index (κ1) is 21.8. The Balaban J connectivity index is 1.30. The number of fused-ring (bicyclic) bond motifs is 3. The Bertz CT molecular complexity index is 1670. The first-order chi connectivity index (χ1) is 17.8. The third-order valence-electron chi connectivity index (χ3n) is 6.57. The molecule has 0 radical (unpaired) electrons. The van der Waals surface area contributed by atoms with E-state index in [1.807, 2.05) is 42.6 Å². The third kappa shape index (κ3) is 4.25. The summed E-state index contributed by atoms with van der Waals surface area (Å²) in [4.78, 5) is 20.6. The summed E-state index contributed by atoms with van der Waals surface area (Å²) in [5.74, 6) is -0.0466. The second kappa shape index (κ2) is 9.51. The van der Waals surface area contributed by atoms with Crippen molar-refractivity contribution in [2.45, 2.75) is 6.42 Å². The van der Waals surface area contributed by atoms with Crippen molar-refractivity contribution in [3.63, 3.8) is 0 Å². The highest BCUT2D eigenvalue weighted by atomic mass is 16.1.